The van der Waals surface area contributed by atoms with Gasteiger partial charge in [0.05, 0.1) is 25.3 Å². The third-order valence-electron chi connectivity index (χ3n) is 11.6. The molecule has 0 saturated carbocycles. The summed E-state index contributed by atoms with van der Waals surface area (Å²) in [7, 11) is 8.98. The molecular formula is C44H59ClN4O14S2. The average Bonchev–Trinajstić information content (AvgIpc) is 3.79. The van der Waals surface area contributed by atoms with Gasteiger partial charge < -0.3 is 43.4 Å². The Morgan fingerprint density at radius 3 is 2.46 bits per heavy atom. The second-order valence-electron chi connectivity index (χ2n) is 17.4. The van der Waals surface area contributed by atoms with E-state index in [-0.39, 0.29) is 60.6 Å². The summed E-state index contributed by atoms with van der Waals surface area (Å²) < 4.78 is 28.6. The number of allylic oxidation sites excluding steroid dienone is 3. The van der Waals surface area contributed by atoms with Crippen molar-refractivity contribution in [2.75, 3.05) is 45.5 Å². The minimum absolute atomic E-state index is 0.0257. The monoisotopic (exact) mass is 966 g/mol. The van der Waals surface area contributed by atoms with Crippen LogP contribution >= 0.6 is 33.2 Å². The molecule has 0 aromatic heterocycles. The van der Waals surface area contributed by atoms with Gasteiger partial charge in [-0.3, -0.25) is 29.3 Å². The number of imide groups is 1. The highest BCUT2D eigenvalue weighted by atomic mass is 35.5. The number of epoxide rings is 1. The first-order chi connectivity index (χ1) is 30.6. The number of benzene rings is 1. The number of hydroxylamine groups is 2. The summed E-state index contributed by atoms with van der Waals surface area (Å²) in [6.07, 6.45) is 1.93. The molecule has 5 rings (SSSR count). The summed E-state index contributed by atoms with van der Waals surface area (Å²) in [6, 6.07) is 3.55. The SMILES string of the molecule is COc1cc2cc(c1Cl)N(C)C(=O)C[C@H](OC(=O)CN(C)C(=O)CCC(C)(C)SSCCCC(=O)ON1C(=O)CCC1=O)[C@]1(C)OC1CC1C[C@@](O)(NC(=O)O1)C(OC)/C=C/C=C(\C)C2. The molecule has 3 fully saturated rings. The average molecular weight is 968 g/mol. The van der Waals surface area contributed by atoms with Crippen LogP contribution in [0.2, 0.25) is 5.02 Å². The second kappa shape index (κ2) is 22.0. The topological polar surface area (TPSA) is 220 Å². The summed E-state index contributed by atoms with van der Waals surface area (Å²) in [5.74, 6) is -2.35. The number of fused-ring (bicyclic) bond motifs is 5. The van der Waals surface area contributed by atoms with Gasteiger partial charge in [0.2, 0.25) is 11.8 Å². The third kappa shape index (κ3) is 13.6. The van der Waals surface area contributed by atoms with Crippen molar-refractivity contribution in [3.8, 4) is 5.75 Å². The minimum Gasteiger partial charge on any atom is -0.495 e. The van der Waals surface area contributed by atoms with Gasteiger partial charge >= 0.3 is 18.0 Å². The normalized spacial score (nSPS) is 27.4. The first-order valence-corrected chi connectivity index (χ1v) is 24.0. The Kier molecular flexibility index (Phi) is 17.5. The van der Waals surface area contributed by atoms with Crippen molar-refractivity contribution in [2.45, 2.75) is 132 Å². The number of alkyl carbamates (subject to hydrolysis) is 1. The number of nitrogens with zero attached hydrogens (tertiary/aromatic N) is 3. The number of amides is 5. The van der Waals surface area contributed by atoms with Crippen LogP contribution in [0, 0.1) is 0 Å². The van der Waals surface area contributed by atoms with E-state index in [1.54, 1.807) is 49.1 Å². The summed E-state index contributed by atoms with van der Waals surface area (Å²) in [4.78, 5) is 96.9. The van der Waals surface area contributed by atoms with Gasteiger partial charge in [0.25, 0.3) is 11.8 Å². The van der Waals surface area contributed by atoms with E-state index in [9.17, 15) is 38.7 Å². The molecule has 1 aromatic carbocycles. The number of hydrogen-bond acceptors (Lipinski definition) is 16. The molecule has 0 aliphatic carbocycles. The highest BCUT2D eigenvalue weighted by Crippen LogP contribution is 2.47. The zero-order valence-corrected chi connectivity index (χ0v) is 40.4. The zero-order chi connectivity index (χ0) is 47.9. The molecule has 4 bridgehead atoms. The van der Waals surface area contributed by atoms with Gasteiger partial charge in [0.15, 0.2) is 5.72 Å². The van der Waals surface area contributed by atoms with Crippen LogP contribution in [0.5, 0.6) is 5.75 Å². The maximum absolute atomic E-state index is 14.2. The molecule has 0 radical (unpaired) electrons. The van der Waals surface area contributed by atoms with Crippen LogP contribution < -0.4 is 15.0 Å². The van der Waals surface area contributed by atoms with Crippen LogP contribution in [0.15, 0.2) is 35.9 Å². The second-order valence-corrected chi connectivity index (χ2v) is 20.9. The van der Waals surface area contributed by atoms with E-state index in [2.05, 4.69) is 5.32 Å². The Bertz CT molecular complexity index is 2050. The van der Waals surface area contributed by atoms with Crippen LogP contribution in [0.25, 0.3) is 0 Å². The highest BCUT2D eigenvalue weighted by Gasteiger charge is 2.61. The molecule has 4 aliphatic heterocycles. The lowest BCUT2D eigenvalue weighted by Gasteiger charge is -2.40. The van der Waals surface area contributed by atoms with Crippen LogP contribution in [0.1, 0.15) is 91.0 Å². The summed E-state index contributed by atoms with van der Waals surface area (Å²) in [5.41, 5.74) is -1.02. The largest absolute Gasteiger partial charge is 0.495 e. The van der Waals surface area contributed by atoms with Crippen LogP contribution in [0.3, 0.4) is 0 Å². The van der Waals surface area contributed by atoms with Crippen molar-refractivity contribution in [1.29, 1.82) is 0 Å². The lowest BCUT2D eigenvalue weighted by Crippen LogP contribution is -2.62. The van der Waals surface area contributed by atoms with Gasteiger partial charge in [-0.15, -0.1) is 5.06 Å². The van der Waals surface area contributed by atoms with E-state index >= 15 is 0 Å². The minimum atomic E-state index is -1.84. The van der Waals surface area contributed by atoms with E-state index in [1.165, 1.54) is 41.9 Å². The number of rotatable bonds is 15. The molecular weight excluding hydrogens is 908 g/mol. The standard InChI is InChI=1S/C44H59ClN4O14S2/c1-26-11-9-12-31(59-8)44(57)24-28(60-41(56)46-44)22-33-43(4,62-33)32(23-37(53)48(6)29-20-27(19-26)21-30(58-7)40(29)45)61-39(55)25-47(5)34(50)16-17-42(2,3)65-64-18-10-13-38(54)63-49-35(51)14-15-36(49)52/h9,11-12,20-21,28,31-33,57H,10,13-19,22-25H2,1-8H3,(H,46,56)/b12-9+,26-11+/t28?,31?,32-,33?,43-,44-/m0/s1. The van der Waals surface area contributed by atoms with Crippen LogP contribution in [-0.2, 0) is 59.0 Å². The number of anilines is 1. The fourth-order valence-electron chi connectivity index (χ4n) is 7.65. The predicted molar refractivity (Wildman–Crippen MR) is 242 cm³/mol. The van der Waals surface area contributed by atoms with E-state index in [1.807, 2.05) is 26.8 Å². The Labute approximate surface area is 391 Å². The Morgan fingerprint density at radius 1 is 1.08 bits per heavy atom. The molecule has 5 amide bonds. The molecule has 0 spiro atoms. The number of aliphatic hydroxyl groups is 1. The highest BCUT2D eigenvalue weighted by molar-refractivity contribution is 8.77. The number of esters is 1. The van der Waals surface area contributed by atoms with Crippen LogP contribution in [0.4, 0.5) is 10.5 Å². The molecule has 4 aliphatic rings. The van der Waals surface area contributed by atoms with Crippen molar-refractivity contribution in [3.63, 3.8) is 0 Å². The van der Waals surface area contributed by atoms with E-state index in [4.69, 9.17) is 40.1 Å². The van der Waals surface area contributed by atoms with E-state index < -0.39 is 78.0 Å². The predicted octanol–water partition coefficient (Wildman–Crippen LogP) is 5.21. The molecule has 4 heterocycles. The number of halogens is 1. The fraction of sp³-hybridized carbons (Fsp3) is 0.614. The van der Waals surface area contributed by atoms with Gasteiger partial charge in [-0.1, -0.05) is 57.0 Å². The Hall–Kier alpha value is -4.34. The third-order valence-corrected chi connectivity index (χ3v) is 15.4. The van der Waals surface area contributed by atoms with E-state index in [0.717, 1.165) is 11.1 Å². The number of carbonyl (C=O) groups excluding carboxylic acids is 7. The molecule has 1 aromatic rings. The molecule has 358 valence electrons. The van der Waals surface area contributed by atoms with Gasteiger partial charge in [-0.25, -0.2) is 9.59 Å². The van der Waals surface area contributed by atoms with Crippen molar-refractivity contribution >= 4 is 80.5 Å². The molecule has 18 nitrogen and oxygen atoms in total. The summed E-state index contributed by atoms with van der Waals surface area (Å²) in [6.45, 7) is 7.12. The first kappa shape index (κ1) is 51.6. The number of hydrogen-bond donors (Lipinski definition) is 2. The van der Waals surface area contributed by atoms with E-state index in [0.29, 0.717) is 41.5 Å². The molecule has 3 unspecified atom stereocenters. The fourth-order valence-corrected chi connectivity index (χ4v) is 10.6. The summed E-state index contributed by atoms with van der Waals surface area (Å²) >= 11 is 6.77. The Morgan fingerprint density at radius 2 is 1.78 bits per heavy atom. The maximum Gasteiger partial charge on any atom is 0.409 e. The molecule has 21 heteroatoms. The number of methoxy groups -OCH3 is 2. The van der Waals surface area contributed by atoms with Crippen molar-refractivity contribution < 1.29 is 67.2 Å². The molecule has 2 N–H and O–H groups in total. The molecule has 65 heavy (non-hydrogen) atoms. The van der Waals surface area contributed by atoms with Gasteiger partial charge in [0.1, 0.15) is 41.2 Å². The van der Waals surface area contributed by atoms with Crippen molar-refractivity contribution in [2.24, 2.45) is 0 Å². The number of likely N-dealkylation sites (N-methyl/N-ethyl adjacent to an activating group) is 1. The maximum atomic E-state index is 14.2. The Balaban J connectivity index is 1.24. The molecule has 3 saturated heterocycles. The van der Waals surface area contributed by atoms with Gasteiger partial charge in [0, 0.05) is 70.2 Å². The first-order valence-electron chi connectivity index (χ1n) is 21.3. The lowest BCUT2D eigenvalue weighted by molar-refractivity contribution is -0.197. The zero-order valence-electron chi connectivity index (χ0n) is 38.0. The van der Waals surface area contributed by atoms with Gasteiger partial charge in [-0.2, -0.15) is 0 Å². The molecule has 6 atom stereocenters. The number of carbonyl (C=O) groups is 7. The van der Waals surface area contributed by atoms with Crippen LogP contribution in [-0.4, -0.2) is 138 Å². The van der Waals surface area contributed by atoms with Gasteiger partial charge in [-0.05, 0) is 64.7 Å². The van der Waals surface area contributed by atoms with Crippen molar-refractivity contribution in [1.82, 2.24) is 15.3 Å². The smallest absolute Gasteiger partial charge is 0.409 e. The quantitative estimate of drug-likeness (QED) is 0.0758. The lowest BCUT2D eigenvalue weighted by atomic mass is 9.90. The number of ether oxygens (including phenoxy) is 5. The number of nitrogens with one attached hydrogen (secondary N) is 1. The summed E-state index contributed by atoms with van der Waals surface area (Å²) in [5, 5.41) is 14.9. The van der Waals surface area contributed by atoms with Crippen molar-refractivity contribution in [3.05, 3.63) is 46.5 Å².